The first-order valence-electron chi connectivity index (χ1n) is 6.24. The molecule has 1 aromatic heterocycles. The van der Waals surface area contributed by atoms with Gasteiger partial charge in [-0.3, -0.25) is 9.58 Å². The van der Waals surface area contributed by atoms with Gasteiger partial charge in [0.05, 0.1) is 31.7 Å². The van der Waals surface area contributed by atoms with Crippen molar-refractivity contribution >= 4 is 6.21 Å². The molecule has 100 valence electrons. The molecule has 0 aliphatic carbocycles. The molecule has 1 aliphatic heterocycles. The van der Waals surface area contributed by atoms with Crippen LogP contribution < -0.4 is 0 Å². The molecule has 0 spiro atoms. The number of hydrogen-bond donors (Lipinski definition) is 1. The van der Waals surface area contributed by atoms with Crippen molar-refractivity contribution in [1.82, 2.24) is 14.7 Å². The zero-order chi connectivity index (χ0) is 13.0. The lowest BCUT2D eigenvalue weighted by molar-refractivity contribution is 0.0359. The summed E-state index contributed by atoms with van der Waals surface area (Å²) in [5.41, 5.74) is 2.84. The largest absolute Gasteiger partial charge is 0.411 e. The molecule has 18 heavy (non-hydrogen) atoms. The molecule has 0 atom stereocenters. The molecule has 0 aromatic carbocycles. The van der Waals surface area contributed by atoms with Gasteiger partial charge in [-0.25, -0.2) is 0 Å². The van der Waals surface area contributed by atoms with Crippen molar-refractivity contribution in [2.24, 2.45) is 5.16 Å². The lowest BCUT2D eigenvalue weighted by atomic mass is 10.2. The fourth-order valence-corrected chi connectivity index (χ4v) is 2.23. The number of rotatable bonds is 4. The van der Waals surface area contributed by atoms with Crippen molar-refractivity contribution in [3.05, 3.63) is 17.0 Å². The zero-order valence-electron chi connectivity index (χ0n) is 11.0. The molecule has 0 unspecified atom stereocenters. The van der Waals surface area contributed by atoms with Crippen LogP contribution in [-0.4, -0.2) is 59.0 Å². The molecule has 2 rings (SSSR count). The summed E-state index contributed by atoms with van der Waals surface area (Å²) < 4.78 is 7.30. The molecule has 1 aliphatic rings. The van der Waals surface area contributed by atoms with E-state index in [1.807, 2.05) is 18.5 Å². The van der Waals surface area contributed by atoms with Crippen LogP contribution in [0.2, 0.25) is 0 Å². The minimum Gasteiger partial charge on any atom is -0.411 e. The van der Waals surface area contributed by atoms with Gasteiger partial charge in [-0.2, -0.15) is 5.10 Å². The predicted molar refractivity (Wildman–Crippen MR) is 68.3 cm³/mol. The summed E-state index contributed by atoms with van der Waals surface area (Å²) in [5, 5.41) is 16.2. The SMILES string of the molecule is Cc1nn(CCN2CCOCC2)c(C)c1/C=N/O. The van der Waals surface area contributed by atoms with Gasteiger partial charge < -0.3 is 9.94 Å². The van der Waals surface area contributed by atoms with Crippen LogP contribution in [0.5, 0.6) is 0 Å². The number of morpholine rings is 1. The van der Waals surface area contributed by atoms with E-state index in [0.29, 0.717) is 0 Å². The molecule has 1 saturated heterocycles. The van der Waals surface area contributed by atoms with Crippen LogP contribution in [0.4, 0.5) is 0 Å². The molecule has 0 amide bonds. The maximum absolute atomic E-state index is 8.62. The fourth-order valence-electron chi connectivity index (χ4n) is 2.23. The van der Waals surface area contributed by atoms with Crippen molar-refractivity contribution < 1.29 is 9.94 Å². The number of hydrogen-bond acceptors (Lipinski definition) is 5. The van der Waals surface area contributed by atoms with E-state index in [-0.39, 0.29) is 0 Å². The van der Waals surface area contributed by atoms with Crippen LogP contribution in [0, 0.1) is 13.8 Å². The van der Waals surface area contributed by atoms with Crippen LogP contribution in [0.3, 0.4) is 0 Å². The van der Waals surface area contributed by atoms with Gasteiger partial charge in [-0.05, 0) is 13.8 Å². The van der Waals surface area contributed by atoms with Crippen LogP contribution in [-0.2, 0) is 11.3 Å². The Kier molecular flexibility index (Phi) is 4.33. The minimum absolute atomic E-state index is 0.819. The average molecular weight is 252 g/mol. The smallest absolute Gasteiger partial charge is 0.0770 e. The summed E-state index contributed by atoms with van der Waals surface area (Å²) in [4.78, 5) is 2.37. The van der Waals surface area contributed by atoms with Gasteiger partial charge in [0.1, 0.15) is 0 Å². The first kappa shape index (κ1) is 13.0. The second kappa shape index (κ2) is 5.97. The van der Waals surface area contributed by atoms with Gasteiger partial charge in [0.15, 0.2) is 0 Å². The number of oxime groups is 1. The van der Waals surface area contributed by atoms with Crippen LogP contribution >= 0.6 is 0 Å². The maximum atomic E-state index is 8.62. The highest BCUT2D eigenvalue weighted by Gasteiger charge is 2.13. The average Bonchev–Trinajstić information content (AvgIpc) is 2.66. The van der Waals surface area contributed by atoms with Crippen molar-refractivity contribution in [3.63, 3.8) is 0 Å². The van der Waals surface area contributed by atoms with E-state index in [1.165, 1.54) is 6.21 Å². The molecule has 2 heterocycles. The highest BCUT2D eigenvalue weighted by atomic mass is 16.5. The summed E-state index contributed by atoms with van der Waals surface area (Å²) in [6.45, 7) is 9.37. The Bertz CT molecular complexity index is 422. The first-order chi connectivity index (χ1) is 8.72. The topological polar surface area (TPSA) is 62.9 Å². The van der Waals surface area contributed by atoms with Crippen LogP contribution in [0.1, 0.15) is 17.0 Å². The molecule has 1 aromatic rings. The quantitative estimate of drug-likeness (QED) is 0.485. The highest BCUT2D eigenvalue weighted by Crippen LogP contribution is 2.10. The van der Waals surface area contributed by atoms with E-state index in [9.17, 15) is 0 Å². The Morgan fingerprint density at radius 3 is 2.72 bits per heavy atom. The van der Waals surface area contributed by atoms with Gasteiger partial charge in [0.25, 0.3) is 0 Å². The van der Waals surface area contributed by atoms with E-state index in [1.54, 1.807) is 0 Å². The Morgan fingerprint density at radius 2 is 2.06 bits per heavy atom. The molecule has 0 radical (unpaired) electrons. The lowest BCUT2D eigenvalue weighted by Crippen LogP contribution is -2.38. The summed E-state index contributed by atoms with van der Waals surface area (Å²) in [5.74, 6) is 0. The number of ether oxygens (including phenoxy) is 1. The van der Waals surface area contributed by atoms with Crippen molar-refractivity contribution in [3.8, 4) is 0 Å². The van der Waals surface area contributed by atoms with E-state index in [2.05, 4.69) is 15.2 Å². The molecule has 0 bridgehead atoms. The number of aryl methyl sites for hydroxylation is 1. The fraction of sp³-hybridized carbons (Fsp3) is 0.667. The van der Waals surface area contributed by atoms with Crippen molar-refractivity contribution in [2.75, 3.05) is 32.8 Å². The summed E-state index contributed by atoms with van der Waals surface area (Å²) in [6, 6.07) is 0. The van der Waals surface area contributed by atoms with Crippen LogP contribution in [0.15, 0.2) is 5.16 Å². The molecular formula is C12H20N4O2. The lowest BCUT2D eigenvalue weighted by Gasteiger charge is -2.26. The molecule has 6 heteroatoms. The minimum atomic E-state index is 0.819. The normalized spacial score (nSPS) is 17.7. The maximum Gasteiger partial charge on any atom is 0.0770 e. The van der Waals surface area contributed by atoms with Crippen LogP contribution in [0.25, 0.3) is 0 Å². The van der Waals surface area contributed by atoms with Gasteiger partial charge in [0.2, 0.25) is 0 Å². The van der Waals surface area contributed by atoms with E-state index >= 15 is 0 Å². The molecule has 0 saturated carbocycles. The van der Waals surface area contributed by atoms with E-state index in [4.69, 9.17) is 9.94 Å². The number of nitrogens with zero attached hydrogens (tertiary/aromatic N) is 4. The van der Waals surface area contributed by atoms with Gasteiger partial charge in [0, 0.05) is 30.9 Å². The molecule has 1 N–H and O–H groups in total. The van der Waals surface area contributed by atoms with Gasteiger partial charge in [-0.1, -0.05) is 5.16 Å². The predicted octanol–water partition coefficient (Wildman–Crippen LogP) is 0.640. The molecular weight excluding hydrogens is 232 g/mol. The van der Waals surface area contributed by atoms with Gasteiger partial charge >= 0.3 is 0 Å². The van der Waals surface area contributed by atoms with Gasteiger partial charge in [-0.15, -0.1) is 0 Å². The Labute approximate surface area is 107 Å². The zero-order valence-corrected chi connectivity index (χ0v) is 11.0. The number of aromatic nitrogens is 2. The van der Waals surface area contributed by atoms with E-state index in [0.717, 1.165) is 56.3 Å². The van der Waals surface area contributed by atoms with Crippen molar-refractivity contribution in [2.45, 2.75) is 20.4 Å². The molecule has 1 fully saturated rings. The first-order valence-corrected chi connectivity index (χ1v) is 6.24. The Balaban J connectivity index is 1.98. The summed E-state index contributed by atoms with van der Waals surface area (Å²) in [7, 11) is 0. The third kappa shape index (κ3) is 2.88. The molecule has 6 nitrogen and oxygen atoms in total. The summed E-state index contributed by atoms with van der Waals surface area (Å²) >= 11 is 0. The third-order valence-corrected chi connectivity index (χ3v) is 3.36. The van der Waals surface area contributed by atoms with Crippen molar-refractivity contribution in [1.29, 1.82) is 0 Å². The van der Waals surface area contributed by atoms with E-state index < -0.39 is 0 Å². The Morgan fingerprint density at radius 1 is 1.33 bits per heavy atom. The third-order valence-electron chi connectivity index (χ3n) is 3.36. The summed E-state index contributed by atoms with van der Waals surface area (Å²) in [6.07, 6.45) is 1.45. The second-order valence-corrected chi connectivity index (χ2v) is 4.51. The Hall–Kier alpha value is -1.40. The monoisotopic (exact) mass is 252 g/mol. The second-order valence-electron chi connectivity index (χ2n) is 4.51. The standard InChI is InChI=1S/C12H20N4O2/c1-10-12(9-13-17)11(2)16(14-10)4-3-15-5-7-18-8-6-15/h9,17H,3-8H2,1-2H3/b13-9+. The highest BCUT2D eigenvalue weighted by molar-refractivity contribution is 5.82.